The van der Waals surface area contributed by atoms with Crippen LogP contribution >= 0.6 is 11.6 Å². The van der Waals surface area contributed by atoms with Crippen LogP contribution in [0.1, 0.15) is 33.2 Å². The van der Waals surface area contributed by atoms with Gasteiger partial charge < -0.3 is 9.84 Å². The summed E-state index contributed by atoms with van der Waals surface area (Å²) in [5.74, 6) is -3.64. The number of carboxylic acids is 1. The van der Waals surface area contributed by atoms with E-state index in [4.69, 9.17) is 21.4 Å². The van der Waals surface area contributed by atoms with Crippen LogP contribution in [0.25, 0.3) is 22.2 Å². The molecule has 0 aliphatic heterocycles. The molecule has 0 saturated carbocycles. The van der Waals surface area contributed by atoms with E-state index in [0.29, 0.717) is 10.7 Å². The number of aromatic nitrogens is 2. The summed E-state index contributed by atoms with van der Waals surface area (Å²) in [7, 11) is 0. The third-order valence-corrected chi connectivity index (χ3v) is 5.71. The monoisotopic (exact) mass is 549 g/mol. The summed E-state index contributed by atoms with van der Waals surface area (Å²) in [4.78, 5) is 36.6. The van der Waals surface area contributed by atoms with Crippen molar-refractivity contribution in [2.45, 2.75) is 13.1 Å². The van der Waals surface area contributed by atoms with Crippen molar-refractivity contribution in [1.29, 1.82) is 0 Å². The highest BCUT2D eigenvalue weighted by Crippen LogP contribution is 2.37. The van der Waals surface area contributed by atoms with Crippen molar-refractivity contribution < 1.29 is 41.8 Å². The number of halogens is 5. The van der Waals surface area contributed by atoms with E-state index in [1.165, 1.54) is 18.2 Å². The number of rotatable bonds is 5. The lowest BCUT2D eigenvalue weighted by Gasteiger charge is -2.13. The van der Waals surface area contributed by atoms with Crippen LogP contribution in [0.2, 0.25) is 5.02 Å². The molecular weight excluding hydrogens is 534 g/mol. The van der Waals surface area contributed by atoms with Crippen molar-refractivity contribution >= 4 is 46.2 Å². The first-order valence-electron chi connectivity index (χ1n) is 10.8. The minimum Gasteiger partial charge on any atom is -0.478 e. The summed E-state index contributed by atoms with van der Waals surface area (Å²) in [5.41, 5.74) is -2.90. The van der Waals surface area contributed by atoms with Crippen molar-refractivity contribution in [2.75, 3.05) is 11.9 Å². The Bertz CT molecular complexity index is 1600. The second-order valence-corrected chi connectivity index (χ2v) is 8.21. The number of hydrogen-bond acceptors (Lipinski definition) is 5. The van der Waals surface area contributed by atoms with E-state index < -0.39 is 46.1 Å². The van der Waals surface area contributed by atoms with E-state index >= 15 is 0 Å². The number of anilines is 1. The fourth-order valence-electron chi connectivity index (χ4n) is 3.76. The summed E-state index contributed by atoms with van der Waals surface area (Å²) in [6.45, 7) is 1.64. The average molecular weight is 550 g/mol. The Labute approximate surface area is 216 Å². The Morgan fingerprint density at radius 3 is 2.47 bits per heavy atom. The van der Waals surface area contributed by atoms with Crippen LogP contribution in [-0.2, 0) is 10.9 Å². The van der Waals surface area contributed by atoms with Gasteiger partial charge >= 0.3 is 18.2 Å². The zero-order valence-electron chi connectivity index (χ0n) is 19.3. The van der Waals surface area contributed by atoms with Crippen LogP contribution in [0.3, 0.4) is 0 Å². The Kier molecular flexibility index (Phi) is 7.09. The fourth-order valence-corrected chi connectivity index (χ4v) is 4.01. The van der Waals surface area contributed by atoms with Crippen LogP contribution in [0, 0.1) is 5.82 Å². The molecule has 4 rings (SSSR count). The smallest absolute Gasteiger partial charge is 0.417 e. The van der Waals surface area contributed by atoms with E-state index in [1.807, 2.05) is 0 Å². The molecule has 0 aliphatic rings. The van der Waals surface area contributed by atoms with Gasteiger partial charge in [0.15, 0.2) is 0 Å². The molecule has 3 aromatic carbocycles. The third-order valence-electron chi connectivity index (χ3n) is 5.40. The third kappa shape index (κ3) is 5.02. The fraction of sp³-hybridized carbons (Fsp3) is 0.120. The molecule has 0 atom stereocenters. The van der Waals surface area contributed by atoms with Crippen LogP contribution in [0.15, 0.2) is 54.6 Å². The molecule has 1 amide bonds. The van der Waals surface area contributed by atoms with Gasteiger partial charge in [-0.15, -0.1) is 0 Å². The van der Waals surface area contributed by atoms with Gasteiger partial charge in [-0.3, -0.25) is 10.1 Å². The molecule has 0 saturated heterocycles. The number of hydrogen-bond donors (Lipinski definition) is 2. The first-order chi connectivity index (χ1) is 17.9. The molecule has 0 bridgehead atoms. The maximum atomic E-state index is 14.9. The van der Waals surface area contributed by atoms with Crippen molar-refractivity contribution in [3.63, 3.8) is 0 Å². The lowest BCUT2D eigenvalue weighted by Crippen LogP contribution is -2.20. The van der Waals surface area contributed by atoms with Gasteiger partial charge in [-0.25, -0.2) is 14.0 Å². The SMILES string of the molecule is CCOC(=O)Nc1ccc2c(-c3ccc(C(=O)O)cc3F)nn(C(=O)c3c(Cl)cccc3C(F)(F)F)c2c1. The normalized spacial score (nSPS) is 11.4. The number of alkyl halides is 3. The molecule has 2 N–H and O–H groups in total. The molecule has 1 heterocycles. The van der Waals surface area contributed by atoms with Gasteiger partial charge in [0.2, 0.25) is 0 Å². The van der Waals surface area contributed by atoms with E-state index in [-0.39, 0.29) is 40.0 Å². The highest BCUT2D eigenvalue weighted by molar-refractivity contribution is 6.34. The lowest BCUT2D eigenvalue weighted by atomic mass is 10.0. The molecule has 0 radical (unpaired) electrons. The molecule has 0 aliphatic carbocycles. The number of carbonyl (C=O) groups is 3. The first-order valence-corrected chi connectivity index (χ1v) is 11.2. The molecule has 38 heavy (non-hydrogen) atoms. The van der Waals surface area contributed by atoms with E-state index in [0.717, 1.165) is 30.3 Å². The predicted molar refractivity (Wildman–Crippen MR) is 129 cm³/mol. The number of benzene rings is 3. The summed E-state index contributed by atoms with van der Waals surface area (Å²) in [6, 6.07) is 9.81. The second-order valence-electron chi connectivity index (χ2n) is 7.80. The zero-order chi connectivity index (χ0) is 27.8. The van der Waals surface area contributed by atoms with Crippen LogP contribution in [0.5, 0.6) is 0 Å². The topological polar surface area (TPSA) is 111 Å². The molecule has 13 heteroatoms. The number of carboxylic acid groups (broad SMARTS) is 1. The number of aromatic carboxylic acids is 1. The van der Waals surface area contributed by atoms with Crippen LogP contribution in [-0.4, -0.2) is 39.5 Å². The average Bonchev–Trinajstić information content (AvgIpc) is 3.21. The van der Waals surface area contributed by atoms with Crippen molar-refractivity contribution in [2.24, 2.45) is 0 Å². The van der Waals surface area contributed by atoms with E-state index in [2.05, 4.69) is 10.4 Å². The van der Waals surface area contributed by atoms with Gasteiger partial charge in [-0.1, -0.05) is 17.7 Å². The molecule has 8 nitrogen and oxygen atoms in total. The summed E-state index contributed by atoms with van der Waals surface area (Å²) in [5, 5.41) is 15.3. The molecule has 4 aromatic rings. The maximum absolute atomic E-state index is 14.9. The van der Waals surface area contributed by atoms with E-state index in [1.54, 1.807) is 6.92 Å². The molecule has 0 spiro atoms. The van der Waals surface area contributed by atoms with Gasteiger partial charge in [-0.2, -0.15) is 23.0 Å². The minimum atomic E-state index is -4.93. The standard InChI is InChI=1S/C25H16ClF4N3O5/c1-2-38-24(37)31-13-7-9-15-19(11-13)33(22(34)20-16(25(28,29)30)4-3-5-17(20)26)32-21(15)14-8-6-12(23(35)36)10-18(14)27/h3-11H,2H2,1H3,(H,31,37)(H,35,36). The molecule has 1 aromatic heterocycles. The molecule has 0 unspecified atom stereocenters. The summed E-state index contributed by atoms with van der Waals surface area (Å²) in [6.07, 6.45) is -5.76. The number of fused-ring (bicyclic) bond motifs is 1. The van der Waals surface area contributed by atoms with E-state index in [9.17, 15) is 31.9 Å². The number of nitrogens with zero attached hydrogens (tertiary/aromatic N) is 2. The molecular formula is C25H16ClF4N3O5. The lowest BCUT2D eigenvalue weighted by molar-refractivity contribution is -0.137. The number of carbonyl (C=O) groups excluding carboxylic acids is 2. The van der Waals surface area contributed by atoms with Crippen LogP contribution < -0.4 is 5.32 Å². The Morgan fingerprint density at radius 2 is 1.84 bits per heavy atom. The van der Waals surface area contributed by atoms with Crippen molar-refractivity contribution in [1.82, 2.24) is 9.78 Å². The summed E-state index contributed by atoms with van der Waals surface area (Å²) < 4.78 is 61.5. The van der Waals surface area contributed by atoms with Gasteiger partial charge in [0.25, 0.3) is 5.91 Å². The van der Waals surface area contributed by atoms with Gasteiger partial charge in [0, 0.05) is 16.6 Å². The highest BCUT2D eigenvalue weighted by Gasteiger charge is 2.37. The number of amides is 1. The highest BCUT2D eigenvalue weighted by atomic mass is 35.5. The maximum Gasteiger partial charge on any atom is 0.417 e. The van der Waals surface area contributed by atoms with Gasteiger partial charge in [-0.05, 0) is 55.5 Å². The van der Waals surface area contributed by atoms with Gasteiger partial charge in [0.05, 0.1) is 33.8 Å². The Balaban J connectivity index is 1.96. The first kappa shape index (κ1) is 26.6. The van der Waals surface area contributed by atoms with Gasteiger partial charge in [0.1, 0.15) is 11.5 Å². The second kappa shape index (κ2) is 10.1. The molecule has 196 valence electrons. The Morgan fingerprint density at radius 1 is 1.11 bits per heavy atom. The number of nitrogens with one attached hydrogen (secondary N) is 1. The van der Waals surface area contributed by atoms with Crippen LogP contribution in [0.4, 0.5) is 28.0 Å². The zero-order valence-corrected chi connectivity index (χ0v) is 20.0. The number of ether oxygens (including phenoxy) is 1. The Hall–Kier alpha value is -4.45. The quantitative estimate of drug-likeness (QED) is 0.276. The predicted octanol–water partition coefficient (Wildman–Crippen LogP) is 6.47. The largest absolute Gasteiger partial charge is 0.478 e. The molecule has 0 fully saturated rings. The van der Waals surface area contributed by atoms with Crippen molar-refractivity contribution in [3.8, 4) is 11.3 Å². The van der Waals surface area contributed by atoms with Crippen molar-refractivity contribution in [3.05, 3.63) is 82.1 Å². The minimum absolute atomic E-state index is 0.0625. The summed E-state index contributed by atoms with van der Waals surface area (Å²) >= 11 is 6.01.